The summed E-state index contributed by atoms with van der Waals surface area (Å²) in [5.41, 5.74) is 1.36. The maximum absolute atomic E-state index is 12.1. The molecule has 2 aromatic heterocycles. The molecule has 0 amide bonds. The Kier molecular flexibility index (Phi) is 3.16. The van der Waals surface area contributed by atoms with Crippen molar-refractivity contribution in [2.24, 2.45) is 0 Å². The minimum absolute atomic E-state index is 0.172. The molecule has 7 nitrogen and oxygen atoms in total. The van der Waals surface area contributed by atoms with Crippen molar-refractivity contribution in [3.05, 3.63) is 70.8 Å². The highest BCUT2D eigenvalue weighted by atomic mass is 16.1. The normalized spacial score (nSPS) is 11.0. The first-order valence-electron chi connectivity index (χ1n) is 7.11. The van der Waals surface area contributed by atoms with E-state index >= 15 is 0 Å². The van der Waals surface area contributed by atoms with E-state index in [4.69, 9.17) is 0 Å². The van der Waals surface area contributed by atoms with Gasteiger partial charge in [-0.1, -0.05) is 42.5 Å². The van der Waals surface area contributed by atoms with E-state index in [-0.39, 0.29) is 12.1 Å². The van der Waals surface area contributed by atoms with E-state index in [1.165, 1.54) is 4.80 Å². The standard InChI is InChI=1S/C16H12N6O/c23-16-12-8-4-5-9-13(12)17-14(18-16)10-22-20-15(19-21-22)11-6-2-1-3-7-11/h1-9H,10H2,(H,17,18,23). The van der Waals surface area contributed by atoms with Gasteiger partial charge in [0.25, 0.3) is 5.56 Å². The molecule has 112 valence electrons. The average molecular weight is 304 g/mol. The highest BCUT2D eigenvalue weighted by Crippen LogP contribution is 2.12. The number of aromatic nitrogens is 6. The van der Waals surface area contributed by atoms with E-state index in [1.54, 1.807) is 12.1 Å². The SMILES string of the molecule is O=c1[nH]c(Cn2nnc(-c3ccccc3)n2)nc2ccccc12. The molecule has 2 heterocycles. The second-order valence-corrected chi connectivity index (χ2v) is 5.04. The summed E-state index contributed by atoms with van der Waals surface area (Å²) in [6, 6.07) is 16.8. The van der Waals surface area contributed by atoms with Crippen LogP contribution >= 0.6 is 0 Å². The molecule has 0 spiro atoms. The molecule has 0 unspecified atom stereocenters. The van der Waals surface area contributed by atoms with Crippen molar-refractivity contribution in [2.45, 2.75) is 6.54 Å². The fourth-order valence-corrected chi connectivity index (χ4v) is 2.36. The fourth-order valence-electron chi connectivity index (χ4n) is 2.36. The predicted molar refractivity (Wildman–Crippen MR) is 84.7 cm³/mol. The van der Waals surface area contributed by atoms with Crippen LogP contribution in [0, 0.1) is 0 Å². The summed E-state index contributed by atoms with van der Waals surface area (Å²) < 4.78 is 0. The van der Waals surface area contributed by atoms with Crippen molar-refractivity contribution >= 4 is 10.9 Å². The second kappa shape index (κ2) is 5.45. The second-order valence-electron chi connectivity index (χ2n) is 5.04. The number of para-hydroxylation sites is 1. The van der Waals surface area contributed by atoms with Crippen LogP contribution in [0.15, 0.2) is 59.4 Å². The molecule has 0 saturated carbocycles. The molecule has 0 bridgehead atoms. The highest BCUT2D eigenvalue weighted by molar-refractivity contribution is 5.77. The van der Waals surface area contributed by atoms with Gasteiger partial charge in [-0.2, -0.15) is 4.80 Å². The average Bonchev–Trinajstić information content (AvgIpc) is 3.04. The Hall–Kier alpha value is -3.35. The molecule has 0 aliphatic carbocycles. The summed E-state index contributed by atoms with van der Waals surface area (Å²) in [5.74, 6) is 1.03. The van der Waals surface area contributed by atoms with E-state index in [9.17, 15) is 4.79 Å². The Morgan fingerprint density at radius 3 is 2.65 bits per heavy atom. The van der Waals surface area contributed by atoms with Crippen LogP contribution in [0.2, 0.25) is 0 Å². The molecular weight excluding hydrogens is 292 g/mol. The number of hydrogen-bond donors (Lipinski definition) is 1. The molecule has 0 fully saturated rings. The fraction of sp³-hybridized carbons (Fsp3) is 0.0625. The van der Waals surface area contributed by atoms with Crippen LogP contribution in [-0.2, 0) is 6.54 Å². The van der Waals surface area contributed by atoms with Crippen molar-refractivity contribution in [1.29, 1.82) is 0 Å². The number of tetrazole rings is 1. The zero-order valence-electron chi connectivity index (χ0n) is 12.0. The Balaban J connectivity index is 1.66. The predicted octanol–water partition coefficient (Wildman–Crippen LogP) is 1.62. The first-order chi connectivity index (χ1) is 11.3. The number of fused-ring (bicyclic) bond motifs is 1. The van der Waals surface area contributed by atoms with E-state index in [0.29, 0.717) is 22.6 Å². The van der Waals surface area contributed by atoms with Gasteiger partial charge in [-0.25, -0.2) is 4.98 Å². The van der Waals surface area contributed by atoms with Crippen molar-refractivity contribution in [2.75, 3.05) is 0 Å². The number of aromatic amines is 1. The molecule has 4 rings (SSSR count). The van der Waals surface area contributed by atoms with E-state index < -0.39 is 0 Å². The van der Waals surface area contributed by atoms with E-state index in [0.717, 1.165) is 5.56 Å². The Labute approximate surface area is 130 Å². The van der Waals surface area contributed by atoms with Crippen LogP contribution in [-0.4, -0.2) is 30.2 Å². The summed E-state index contributed by atoms with van der Waals surface area (Å²) in [6.45, 7) is 0.250. The lowest BCUT2D eigenvalue weighted by Crippen LogP contribution is -2.15. The minimum Gasteiger partial charge on any atom is -0.308 e. The maximum atomic E-state index is 12.1. The third kappa shape index (κ3) is 2.59. The summed E-state index contributed by atoms with van der Waals surface area (Å²) in [4.78, 5) is 20.6. The van der Waals surface area contributed by atoms with Crippen LogP contribution in [0.5, 0.6) is 0 Å². The van der Waals surface area contributed by atoms with Gasteiger partial charge < -0.3 is 4.98 Å². The van der Waals surface area contributed by atoms with E-state index in [2.05, 4.69) is 25.4 Å². The molecule has 0 aliphatic rings. The Morgan fingerprint density at radius 1 is 1.00 bits per heavy atom. The highest BCUT2D eigenvalue weighted by Gasteiger charge is 2.08. The number of nitrogens with one attached hydrogen (secondary N) is 1. The molecule has 1 N–H and O–H groups in total. The molecular formula is C16H12N6O. The molecule has 7 heteroatoms. The summed E-state index contributed by atoms with van der Waals surface area (Å²) in [7, 11) is 0. The Bertz CT molecular complexity index is 1020. The number of H-pyrrole nitrogens is 1. The Morgan fingerprint density at radius 2 is 1.78 bits per heavy atom. The minimum atomic E-state index is -0.172. The third-order valence-corrected chi connectivity index (χ3v) is 3.44. The van der Waals surface area contributed by atoms with Crippen LogP contribution < -0.4 is 5.56 Å². The molecule has 0 radical (unpaired) electrons. The van der Waals surface area contributed by atoms with Crippen LogP contribution in [0.1, 0.15) is 5.82 Å². The van der Waals surface area contributed by atoms with Gasteiger partial charge in [0.2, 0.25) is 5.82 Å². The molecule has 0 saturated heterocycles. The first kappa shape index (κ1) is 13.3. The summed E-state index contributed by atoms with van der Waals surface area (Å²) in [6.07, 6.45) is 0. The van der Waals surface area contributed by atoms with Gasteiger partial charge in [-0.15, -0.1) is 10.2 Å². The van der Waals surface area contributed by atoms with Crippen molar-refractivity contribution in [3.63, 3.8) is 0 Å². The lowest BCUT2D eigenvalue weighted by atomic mass is 10.2. The maximum Gasteiger partial charge on any atom is 0.258 e. The van der Waals surface area contributed by atoms with Gasteiger partial charge in [-0.05, 0) is 17.3 Å². The van der Waals surface area contributed by atoms with Gasteiger partial charge in [0.15, 0.2) is 0 Å². The van der Waals surface area contributed by atoms with Gasteiger partial charge in [-0.3, -0.25) is 4.79 Å². The third-order valence-electron chi connectivity index (χ3n) is 3.44. The summed E-state index contributed by atoms with van der Waals surface area (Å²) >= 11 is 0. The zero-order chi connectivity index (χ0) is 15.6. The van der Waals surface area contributed by atoms with Crippen LogP contribution in [0.4, 0.5) is 0 Å². The quantitative estimate of drug-likeness (QED) is 0.621. The monoisotopic (exact) mass is 304 g/mol. The van der Waals surface area contributed by atoms with Gasteiger partial charge in [0.1, 0.15) is 12.4 Å². The van der Waals surface area contributed by atoms with Gasteiger partial charge in [0, 0.05) is 5.56 Å². The smallest absolute Gasteiger partial charge is 0.258 e. The summed E-state index contributed by atoms with van der Waals surface area (Å²) in [5, 5.41) is 12.9. The van der Waals surface area contributed by atoms with Crippen molar-refractivity contribution in [3.8, 4) is 11.4 Å². The molecule has 2 aromatic carbocycles. The number of hydrogen-bond acceptors (Lipinski definition) is 5. The largest absolute Gasteiger partial charge is 0.308 e. The number of nitrogens with zero attached hydrogens (tertiary/aromatic N) is 5. The van der Waals surface area contributed by atoms with Crippen LogP contribution in [0.25, 0.3) is 22.3 Å². The molecule has 23 heavy (non-hydrogen) atoms. The number of rotatable bonds is 3. The lowest BCUT2D eigenvalue weighted by molar-refractivity contribution is 0.555. The van der Waals surface area contributed by atoms with Gasteiger partial charge in [0.05, 0.1) is 10.9 Å². The van der Waals surface area contributed by atoms with E-state index in [1.807, 2.05) is 42.5 Å². The van der Waals surface area contributed by atoms with Crippen molar-refractivity contribution < 1.29 is 0 Å². The molecule has 4 aromatic rings. The lowest BCUT2D eigenvalue weighted by Gasteiger charge is -2.01. The zero-order valence-corrected chi connectivity index (χ0v) is 12.0. The molecule has 0 atom stereocenters. The van der Waals surface area contributed by atoms with Crippen LogP contribution in [0.3, 0.4) is 0 Å². The topological polar surface area (TPSA) is 89.4 Å². The van der Waals surface area contributed by atoms with Gasteiger partial charge >= 0.3 is 0 Å². The molecule has 0 aliphatic heterocycles. The van der Waals surface area contributed by atoms with Crippen molar-refractivity contribution in [1.82, 2.24) is 30.2 Å². The first-order valence-corrected chi connectivity index (χ1v) is 7.11. The number of benzene rings is 2.